The number of nitrogens with two attached hydrogens (primary N) is 1. The summed E-state index contributed by atoms with van der Waals surface area (Å²) in [6.45, 7) is 0. The van der Waals surface area contributed by atoms with E-state index in [9.17, 15) is 0 Å². The van der Waals surface area contributed by atoms with E-state index in [1.165, 1.54) is 0 Å². The molecule has 0 bridgehead atoms. The van der Waals surface area contributed by atoms with Gasteiger partial charge >= 0.3 is 0 Å². The van der Waals surface area contributed by atoms with Crippen molar-refractivity contribution >= 4 is 39.8 Å². The minimum absolute atomic E-state index is 0. The second kappa shape index (κ2) is 4.41. The highest BCUT2D eigenvalue weighted by Gasteiger charge is 1.96. The van der Waals surface area contributed by atoms with Crippen LogP contribution in [0.5, 0.6) is 0 Å². The summed E-state index contributed by atoms with van der Waals surface area (Å²) in [4.78, 5) is 4.01. The SMILES string of the molecule is CNc1ncc(Br)cc1N.Cl. The van der Waals surface area contributed by atoms with Crippen molar-refractivity contribution in [3.05, 3.63) is 16.7 Å². The summed E-state index contributed by atoms with van der Waals surface area (Å²) in [6, 6.07) is 1.80. The maximum atomic E-state index is 5.58. The lowest BCUT2D eigenvalue weighted by atomic mass is 10.4. The summed E-state index contributed by atoms with van der Waals surface area (Å²) in [7, 11) is 1.78. The van der Waals surface area contributed by atoms with Crippen LogP contribution in [0, 0.1) is 0 Å². The highest BCUT2D eigenvalue weighted by Crippen LogP contribution is 2.18. The van der Waals surface area contributed by atoms with E-state index < -0.39 is 0 Å². The Morgan fingerprint density at radius 1 is 1.64 bits per heavy atom. The van der Waals surface area contributed by atoms with Gasteiger partial charge < -0.3 is 11.1 Å². The first-order valence-corrected chi connectivity index (χ1v) is 3.62. The first-order chi connectivity index (χ1) is 4.74. The van der Waals surface area contributed by atoms with Crippen molar-refractivity contribution in [1.82, 2.24) is 4.98 Å². The number of hydrogen-bond donors (Lipinski definition) is 2. The second-order valence-corrected chi connectivity index (χ2v) is 2.76. The summed E-state index contributed by atoms with van der Waals surface area (Å²) >= 11 is 3.26. The van der Waals surface area contributed by atoms with Gasteiger partial charge in [0.05, 0.1) is 5.69 Å². The predicted molar refractivity (Wildman–Crippen MR) is 53.1 cm³/mol. The van der Waals surface area contributed by atoms with Crippen molar-refractivity contribution < 1.29 is 0 Å². The van der Waals surface area contributed by atoms with Gasteiger partial charge in [0.2, 0.25) is 0 Å². The van der Waals surface area contributed by atoms with E-state index in [0.717, 1.165) is 4.47 Å². The zero-order valence-electron chi connectivity index (χ0n) is 5.97. The number of rotatable bonds is 1. The topological polar surface area (TPSA) is 50.9 Å². The largest absolute Gasteiger partial charge is 0.396 e. The Balaban J connectivity index is 0.000001000. The molecule has 1 aromatic rings. The van der Waals surface area contributed by atoms with Crippen LogP contribution >= 0.6 is 28.3 Å². The molecule has 0 aromatic carbocycles. The van der Waals surface area contributed by atoms with E-state index in [2.05, 4.69) is 26.2 Å². The average molecular weight is 239 g/mol. The summed E-state index contributed by atoms with van der Waals surface area (Å²) in [5.41, 5.74) is 6.23. The Morgan fingerprint density at radius 2 is 2.27 bits per heavy atom. The minimum atomic E-state index is 0. The van der Waals surface area contributed by atoms with E-state index in [0.29, 0.717) is 11.5 Å². The number of pyridine rings is 1. The molecular weight excluding hydrogens is 229 g/mol. The molecule has 0 saturated heterocycles. The molecule has 1 aromatic heterocycles. The van der Waals surface area contributed by atoms with Gasteiger partial charge in [0.1, 0.15) is 5.82 Å². The van der Waals surface area contributed by atoms with Gasteiger partial charge in [0.15, 0.2) is 0 Å². The van der Waals surface area contributed by atoms with Crippen LogP contribution < -0.4 is 11.1 Å². The molecule has 0 radical (unpaired) electrons. The van der Waals surface area contributed by atoms with Gasteiger partial charge in [0, 0.05) is 17.7 Å². The lowest BCUT2D eigenvalue weighted by molar-refractivity contribution is 1.28. The van der Waals surface area contributed by atoms with E-state index in [1.54, 1.807) is 19.3 Å². The van der Waals surface area contributed by atoms with E-state index in [-0.39, 0.29) is 12.4 Å². The molecule has 0 aliphatic heterocycles. The maximum absolute atomic E-state index is 5.58. The fourth-order valence-corrected chi connectivity index (χ4v) is 1.01. The maximum Gasteiger partial charge on any atom is 0.148 e. The normalized spacial score (nSPS) is 8.55. The Kier molecular flexibility index (Phi) is 4.22. The van der Waals surface area contributed by atoms with Crippen LogP contribution in [-0.4, -0.2) is 12.0 Å². The van der Waals surface area contributed by atoms with E-state index in [1.807, 2.05) is 0 Å². The third kappa shape index (κ3) is 2.55. The summed E-state index contributed by atoms with van der Waals surface area (Å²) < 4.78 is 0.893. The molecule has 3 nitrogen and oxygen atoms in total. The van der Waals surface area contributed by atoms with Crippen LogP contribution in [0.1, 0.15) is 0 Å². The highest BCUT2D eigenvalue weighted by molar-refractivity contribution is 9.10. The number of nitrogens with one attached hydrogen (secondary N) is 1. The first-order valence-electron chi connectivity index (χ1n) is 2.83. The van der Waals surface area contributed by atoms with Gasteiger partial charge in [0.25, 0.3) is 0 Å². The number of halogens is 2. The molecule has 5 heteroatoms. The molecule has 0 fully saturated rings. The smallest absolute Gasteiger partial charge is 0.148 e. The standard InChI is InChI=1S/C6H8BrN3.ClH/c1-9-6-5(8)2-4(7)3-10-6;/h2-3H,8H2,1H3,(H,9,10);1H. The quantitative estimate of drug-likeness (QED) is 0.786. The molecule has 11 heavy (non-hydrogen) atoms. The lowest BCUT2D eigenvalue weighted by Crippen LogP contribution is -1.97. The van der Waals surface area contributed by atoms with Crippen molar-refractivity contribution in [2.24, 2.45) is 0 Å². The zero-order valence-corrected chi connectivity index (χ0v) is 8.37. The number of aromatic nitrogens is 1. The van der Waals surface area contributed by atoms with Crippen molar-refractivity contribution in [1.29, 1.82) is 0 Å². The van der Waals surface area contributed by atoms with Crippen molar-refractivity contribution in [3.63, 3.8) is 0 Å². The van der Waals surface area contributed by atoms with Crippen LogP contribution in [0.3, 0.4) is 0 Å². The van der Waals surface area contributed by atoms with Gasteiger partial charge in [-0.25, -0.2) is 4.98 Å². The Morgan fingerprint density at radius 3 is 2.73 bits per heavy atom. The van der Waals surface area contributed by atoms with Gasteiger partial charge in [-0.15, -0.1) is 12.4 Å². The van der Waals surface area contributed by atoms with Crippen LogP contribution in [0.4, 0.5) is 11.5 Å². The molecule has 0 aliphatic carbocycles. The van der Waals surface area contributed by atoms with Gasteiger partial charge in [-0.3, -0.25) is 0 Å². The molecule has 0 saturated carbocycles. The molecular formula is C6H9BrClN3. The third-order valence-electron chi connectivity index (χ3n) is 1.12. The van der Waals surface area contributed by atoms with E-state index in [4.69, 9.17) is 5.73 Å². The molecule has 3 N–H and O–H groups in total. The van der Waals surface area contributed by atoms with Crippen LogP contribution in [-0.2, 0) is 0 Å². The van der Waals surface area contributed by atoms with E-state index >= 15 is 0 Å². The van der Waals surface area contributed by atoms with Crippen molar-refractivity contribution in [3.8, 4) is 0 Å². The predicted octanol–water partition coefficient (Wildman–Crippen LogP) is 1.89. The van der Waals surface area contributed by atoms with Gasteiger partial charge in [-0.05, 0) is 22.0 Å². The van der Waals surface area contributed by atoms with Gasteiger partial charge in [-0.2, -0.15) is 0 Å². The fourth-order valence-electron chi connectivity index (χ4n) is 0.664. The fraction of sp³-hybridized carbons (Fsp3) is 0.167. The zero-order chi connectivity index (χ0) is 7.56. The number of anilines is 2. The molecule has 62 valence electrons. The molecule has 1 heterocycles. The van der Waals surface area contributed by atoms with Crippen LogP contribution in [0.2, 0.25) is 0 Å². The van der Waals surface area contributed by atoms with Gasteiger partial charge in [-0.1, -0.05) is 0 Å². The number of nitrogens with zero attached hydrogens (tertiary/aromatic N) is 1. The minimum Gasteiger partial charge on any atom is -0.396 e. The molecule has 0 spiro atoms. The van der Waals surface area contributed by atoms with Crippen LogP contribution in [0.15, 0.2) is 16.7 Å². The second-order valence-electron chi connectivity index (χ2n) is 1.84. The number of nitrogen functional groups attached to an aromatic ring is 1. The Bertz CT molecular complexity index is 241. The summed E-state index contributed by atoms with van der Waals surface area (Å²) in [6.07, 6.45) is 1.70. The molecule has 0 amide bonds. The highest BCUT2D eigenvalue weighted by atomic mass is 79.9. The first kappa shape index (κ1) is 10.5. The lowest BCUT2D eigenvalue weighted by Gasteiger charge is -2.01. The summed E-state index contributed by atoms with van der Waals surface area (Å²) in [5.74, 6) is 0.711. The average Bonchev–Trinajstić information content (AvgIpc) is 1.88. The summed E-state index contributed by atoms with van der Waals surface area (Å²) in [5, 5.41) is 2.87. The third-order valence-corrected chi connectivity index (χ3v) is 1.55. The number of hydrogen-bond acceptors (Lipinski definition) is 3. The molecule has 0 aliphatic rings. The van der Waals surface area contributed by atoms with Crippen molar-refractivity contribution in [2.45, 2.75) is 0 Å². The van der Waals surface area contributed by atoms with Crippen molar-refractivity contribution in [2.75, 3.05) is 18.1 Å². The molecule has 0 atom stereocenters. The van der Waals surface area contributed by atoms with Crippen LogP contribution in [0.25, 0.3) is 0 Å². The monoisotopic (exact) mass is 237 g/mol. The molecule has 1 rings (SSSR count). The Hall–Kier alpha value is -0.480. The molecule has 0 unspecified atom stereocenters. The Labute approximate surface area is 79.9 Å².